The number of ether oxygens (including phenoxy) is 1. The second-order valence-corrected chi connectivity index (χ2v) is 5.62. The van der Waals surface area contributed by atoms with Crippen LogP contribution in [-0.2, 0) is 4.79 Å². The quantitative estimate of drug-likeness (QED) is 0.353. The Bertz CT molecular complexity index is 883. The fourth-order valence-corrected chi connectivity index (χ4v) is 3.18. The minimum Gasteiger partial charge on any atom is -0.423 e. The van der Waals surface area contributed by atoms with Crippen LogP contribution in [0.15, 0.2) is 85.5 Å². The Morgan fingerprint density at radius 2 is 1.38 bits per heavy atom. The molecule has 0 saturated heterocycles. The molecular weight excluding hydrogens is 298 g/mol. The number of esters is 1. The van der Waals surface area contributed by atoms with Gasteiger partial charge in [-0.15, -0.1) is 0 Å². The lowest BCUT2D eigenvalue weighted by Gasteiger charge is -2.14. The lowest BCUT2D eigenvalue weighted by molar-refractivity contribution is -0.677. The normalized spacial score (nSPS) is 12.3. The number of carbonyl (C=O) groups is 1. The molecule has 3 aromatic rings. The minimum atomic E-state index is -0.452. The monoisotopic (exact) mass is 314 g/mol. The molecule has 3 heteroatoms. The van der Waals surface area contributed by atoms with E-state index in [-0.39, 0.29) is 0 Å². The predicted octanol–water partition coefficient (Wildman–Crippen LogP) is 3.94. The highest BCUT2D eigenvalue weighted by Crippen LogP contribution is 2.38. The average Bonchev–Trinajstić information content (AvgIpc) is 2.97. The number of benzene rings is 3. The van der Waals surface area contributed by atoms with Crippen molar-refractivity contribution in [1.29, 1.82) is 0 Å². The first-order valence-corrected chi connectivity index (χ1v) is 7.79. The van der Waals surface area contributed by atoms with Crippen molar-refractivity contribution < 1.29 is 14.4 Å². The number of quaternary nitrogens is 1. The third-order valence-corrected chi connectivity index (χ3v) is 4.21. The zero-order chi connectivity index (χ0) is 16.5. The Labute approximate surface area is 140 Å². The summed E-state index contributed by atoms with van der Waals surface area (Å²) >= 11 is 0. The summed E-state index contributed by atoms with van der Waals surface area (Å²) in [5, 5.41) is 0. The Balaban J connectivity index is 1.76. The van der Waals surface area contributed by atoms with Gasteiger partial charge < -0.3 is 4.74 Å². The molecule has 1 aliphatic rings. The fourth-order valence-electron chi connectivity index (χ4n) is 3.18. The van der Waals surface area contributed by atoms with Crippen LogP contribution in [0.1, 0.15) is 0 Å². The molecule has 0 saturated carbocycles. The lowest BCUT2D eigenvalue weighted by atomic mass is 10.1. The number of rotatable bonds is 3. The highest BCUT2D eigenvalue weighted by atomic mass is 16.5. The Morgan fingerprint density at radius 3 is 1.92 bits per heavy atom. The van der Waals surface area contributed by atoms with Crippen LogP contribution >= 0.6 is 0 Å². The summed E-state index contributed by atoms with van der Waals surface area (Å²) in [6, 6.07) is 24.5. The van der Waals surface area contributed by atoms with Crippen LogP contribution in [0.2, 0.25) is 0 Å². The molecule has 0 radical (unpaired) electrons. The van der Waals surface area contributed by atoms with Crippen molar-refractivity contribution in [2.75, 3.05) is 0 Å². The number of carbonyl (C=O) groups excluding carboxylic acids is 1. The molecule has 0 spiro atoms. The van der Waals surface area contributed by atoms with Crippen LogP contribution in [0.4, 0.5) is 17.1 Å². The van der Waals surface area contributed by atoms with Crippen LogP contribution in [-0.4, -0.2) is 5.97 Å². The molecule has 0 unspecified atom stereocenters. The summed E-state index contributed by atoms with van der Waals surface area (Å²) in [6.07, 6.45) is 1.16. The molecule has 0 fully saturated rings. The van der Waals surface area contributed by atoms with E-state index in [0.717, 1.165) is 11.8 Å². The van der Waals surface area contributed by atoms with Crippen molar-refractivity contribution >= 4 is 23.0 Å². The van der Waals surface area contributed by atoms with Gasteiger partial charge in [0.2, 0.25) is 0 Å². The first kappa shape index (κ1) is 14.4. The molecule has 4 rings (SSSR count). The molecule has 1 N–H and O–H groups in total. The van der Waals surface area contributed by atoms with Gasteiger partial charge in [-0.1, -0.05) is 30.8 Å². The first-order valence-electron chi connectivity index (χ1n) is 7.79. The van der Waals surface area contributed by atoms with Gasteiger partial charge in [-0.2, -0.15) is 0 Å². The van der Waals surface area contributed by atoms with E-state index in [1.54, 1.807) is 0 Å². The summed E-state index contributed by atoms with van der Waals surface area (Å²) in [5.41, 5.74) is 6.07. The van der Waals surface area contributed by atoms with Crippen molar-refractivity contribution in [3.05, 3.63) is 85.5 Å². The number of para-hydroxylation sites is 2. The van der Waals surface area contributed by atoms with Crippen molar-refractivity contribution in [2.45, 2.75) is 0 Å². The number of hydrogen-bond acceptors (Lipinski definition) is 2. The summed E-state index contributed by atoms with van der Waals surface area (Å²) in [5.74, 6) is 0.0655. The van der Waals surface area contributed by atoms with E-state index in [2.05, 4.69) is 55.1 Å². The smallest absolute Gasteiger partial charge is 0.335 e. The van der Waals surface area contributed by atoms with Gasteiger partial charge in [-0.25, -0.2) is 9.69 Å². The third-order valence-electron chi connectivity index (χ3n) is 4.21. The van der Waals surface area contributed by atoms with Gasteiger partial charge in [-0.3, -0.25) is 0 Å². The zero-order valence-electron chi connectivity index (χ0n) is 13.0. The van der Waals surface area contributed by atoms with Gasteiger partial charge >= 0.3 is 5.97 Å². The molecule has 1 heterocycles. The highest BCUT2D eigenvalue weighted by molar-refractivity contribution is 5.86. The van der Waals surface area contributed by atoms with Crippen molar-refractivity contribution in [2.24, 2.45) is 0 Å². The lowest BCUT2D eigenvalue weighted by Crippen LogP contribution is -2.95. The average molecular weight is 314 g/mol. The summed E-state index contributed by atoms with van der Waals surface area (Å²) in [6.45, 7) is 3.41. The Kier molecular flexibility index (Phi) is 3.48. The van der Waals surface area contributed by atoms with Gasteiger partial charge in [0.15, 0.2) is 0 Å². The molecule has 0 atom stereocenters. The SMILES string of the molecule is C=CC(=O)Oc1ccc([NH+]2c3ccccc3-c3ccccc32)cc1. The van der Waals surface area contributed by atoms with E-state index in [0.29, 0.717) is 5.75 Å². The second-order valence-electron chi connectivity index (χ2n) is 5.62. The van der Waals surface area contributed by atoms with Crippen LogP contribution in [0.5, 0.6) is 5.75 Å². The van der Waals surface area contributed by atoms with E-state index in [1.165, 1.54) is 27.4 Å². The van der Waals surface area contributed by atoms with Crippen LogP contribution in [0.25, 0.3) is 11.1 Å². The standard InChI is InChI=1S/C21H15NO2/c1-2-21(23)24-16-13-11-15(12-14-16)22-19-9-5-3-7-17(19)18-8-4-6-10-20(18)22/h2-14H,1H2/p+1. The van der Waals surface area contributed by atoms with E-state index < -0.39 is 5.97 Å². The molecule has 3 nitrogen and oxygen atoms in total. The number of fused-ring (bicyclic) bond motifs is 3. The maximum atomic E-state index is 11.3. The fraction of sp³-hybridized carbons (Fsp3) is 0. The maximum Gasteiger partial charge on any atom is 0.335 e. The summed E-state index contributed by atoms with van der Waals surface area (Å²) < 4.78 is 5.15. The molecule has 0 amide bonds. The number of hydrogen-bond donors (Lipinski definition) is 1. The van der Waals surface area contributed by atoms with Gasteiger partial charge in [0.25, 0.3) is 0 Å². The molecule has 0 bridgehead atoms. The third kappa shape index (κ3) is 2.32. The van der Waals surface area contributed by atoms with Crippen molar-refractivity contribution in [3.8, 4) is 16.9 Å². The summed E-state index contributed by atoms with van der Waals surface area (Å²) in [4.78, 5) is 12.5. The maximum absolute atomic E-state index is 11.3. The molecule has 3 aromatic carbocycles. The number of nitrogens with one attached hydrogen (secondary N) is 1. The Hall–Kier alpha value is -3.17. The minimum absolute atomic E-state index is 0.452. The van der Waals surface area contributed by atoms with E-state index in [9.17, 15) is 4.79 Å². The molecule has 0 aliphatic carbocycles. The van der Waals surface area contributed by atoms with Gasteiger partial charge in [0.1, 0.15) is 22.8 Å². The predicted molar refractivity (Wildman–Crippen MR) is 94.1 cm³/mol. The van der Waals surface area contributed by atoms with Crippen LogP contribution < -0.4 is 9.64 Å². The molecule has 0 aromatic heterocycles. The van der Waals surface area contributed by atoms with Gasteiger partial charge in [0.05, 0.1) is 0 Å². The second kappa shape index (κ2) is 5.80. The van der Waals surface area contributed by atoms with Gasteiger partial charge in [-0.05, 0) is 24.3 Å². The highest BCUT2D eigenvalue weighted by Gasteiger charge is 2.32. The van der Waals surface area contributed by atoms with E-state index >= 15 is 0 Å². The van der Waals surface area contributed by atoms with Crippen molar-refractivity contribution in [1.82, 2.24) is 0 Å². The van der Waals surface area contributed by atoms with Crippen LogP contribution in [0, 0.1) is 0 Å². The topological polar surface area (TPSA) is 30.7 Å². The molecule has 1 aliphatic heterocycles. The Morgan fingerprint density at radius 1 is 0.833 bits per heavy atom. The zero-order valence-corrected chi connectivity index (χ0v) is 13.0. The van der Waals surface area contributed by atoms with Crippen molar-refractivity contribution in [3.63, 3.8) is 0 Å². The van der Waals surface area contributed by atoms with Gasteiger partial charge in [0, 0.05) is 41.5 Å². The van der Waals surface area contributed by atoms with E-state index in [4.69, 9.17) is 4.74 Å². The summed E-state index contributed by atoms with van der Waals surface area (Å²) in [7, 11) is 0. The molecule has 24 heavy (non-hydrogen) atoms. The molecular formula is C21H16NO2+. The largest absolute Gasteiger partial charge is 0.423 e. The van der Waals surface area contributed by atoms with Crippen LogP contribution in [0.3, 0.4) is 0 Å². The first-order chi connectivity index (χ1) is 11.8. The molecule has 116 valence electrons. The van der Waals surface area contributed by atoms with E-state index in [1.807, 2.05) is 24.3 Å².